The van der Waals surface area contributed by atoms with Crippen molar-refractivity contribution in [1.82, 2.24) is 4.98 Å². The first kappa shape index (κ1) is 13.6. The summed E-state index contributed by atoms with van der Waals surface area (Å²) in [4.78, 5) is 4.55. The number of rotatable bonds is 2. The van der Waals surface area contributed by atoms with E-state index in [0.717, 1.165) is 29.9 Å². The minimum atomic E-state index is -0.220. The molecule has 1 aliphatic carbocycles. The third kappa shape index (κ3) is 3.02. The molecule has 1 aliphatic rings. The minimum absolute atomic E-state index is 0.179. The van der Waals surface area contributed by atoms with Crippen LogP contribution in [0.2, 0.25) is 0 Å². The quantitative estimate of drug-likeness (QED) is 0.872. The van der Waals surface area contributed by atoms with E-state index < -0.39 is 0 Å². The molecule has 106 valence electrons. The van der Waals surface area contributed by atoms with Crippen molar-refractivity contribution in [2.75, 3.05) is 5.32 Å². The van der Waals surface area contributed by atoms with Gasteiger partial charge in [0.05, 0.1) is 16.3 Å². The molecule has 3 rings (SSSR count). The zero-order valence-electron chi connectivity index (χ0n) is 11.9. The summed E-state index contributed by atoms with van der Waals surface area (Å²) in [6.07, 6.45) is 4.48. The summed E-state index contributed by atoms with van der Waals surface area (Å²) < 4.78 is 1.19. The van der Waals surface area contributed by atoms with Crippen LogP contribution in [0.5, 0.6) is 0 Å². The average Bonchev–Trinajstić information content (AvgIpc) is 2.76. The highest BCUT2D eigenvalue weighted by atomic mass is 32.1. The zero-order chi connectivity index (χ0) is 14.2. The Labute approximate surface area is 123 Å². The molecule has 3 nitrogen and oxygen atoms in total. The van der Waals surface area contributed by atoms with Gasteiger partial charge in [0.15, 0.2) is 5.13 Å². The molecule has 1 aromatic heterocycles. The molecule has 0 amide bonds. The van der Waals surface area contributed by atoms with Crippen LogP contribution in [0.3, 0.4) is 0 Å². The number of para-hydroxylation sites is 1. The van der Waals surface area contributed by atoms with E-state index in [1.165, 1.54) is 10.3 Å². The molecule has 20 heavy (non-hydrogen) atoms. The molecule has 0 saturated heterocycles. The van der Waals surface area contributed by atoms with Crippen molar-refractivity contribution in [3.8, 4) is 0 Å². The van der Waals surface area contributed by atoms with Gasteiger partial charge in [0.1, 0.15) is 0 Å². The van der Waals surface area contributed by atoms with Gasteiger partial charge in [0, 0.05) is 6.20 Å². The second-order valence-corrected chi connectivity index (χ2v) is 7.37. The fourth-order valence-electron chi connectivity index (χ4n) is 2.98. The van der Waals surface area contributed by atoms with Crippen LogP contribution < -0.4 is 5.32 Å². The van der Waals surface area contributed by atoms with Crippen LogP contribution in [0.1, 0.15) is 33.1 Å². The molecule has 4 heteroatoms. The van der Waals surface area contributed by atoms with E-state index in [1.54, 1.807) is 11.3 Å². The summed E-state index contributed by atoms with van der Waals surface area (Å²) in [6.45, 7) is 4.42. The van der Waals surface area contributed by atoms with Crippen molar-refractivity contribution in [2.45, 2.75) is 39.2 Å². The number of nitrogens with one attached hydrogen (secondary N) is 1. The van der Waals surface area contributed by atoms with Gasteiger partial charge in [-0.1, -0.05) is 42.9 Å². The van der Waals surface area contributed by atoms with Gasteiger partial charge in [-0.05, 0) is 36.8 Å². The van der Waals surface area contributed by atoms with Crippen LogP contribution in [0.25, 0.3) is 10.2 Å². The minimum Gasteiger partial charge on any atom is -0.393 e. The van der Waals surface area contributed by atoms with Crippen LogP contribution in [-0.2, 0) is 0 Å². The molecular formula is C16H20N2OS. The number of hydrogen-bond donors (Lipinski definition) is 2. The van der Waals surface area contributed by atoms with E-state index in [-0.39, 0.29) is 11.5 Å². The number of aromatic nitrogens is 1. The van der Waals surface area contributed by atoms with Gasteiger partial charge in [-0.3, -0.25) is 0 Å². The largest absolute Gasteiger partial charge is 0.393 e. The number of benzene rings is 1. The monoisotopic (exact) mass is 288 g/mol. The van der Waals surface area contributed by atoms with Crippen LogP contribution in [0, 0.1) is 5.41 Å². The molecule has 1 unspecified atom stereocenters. The van der Waals surface area contributed by atoms with Gasteiger partial charge in [-0.2, -0.15) is 0 Å². The normalized spacial score (nSPS) is 24.1. The van der Waals surface area contributed by atoms with E-state index in [0.29, 0.717) is 0 Å². The van der Waals surface area contributed by atoms with E-state index in [4.69, 9.17) is 0 Å². The fourth-order valence-corrected chi connectivity index (χ4v) is 3.81. The highest BCUT2D eigenvalue weighted by Gasteiger charge is 2.29. The fraction of sp³-hybridized carbons (Fsp3) is 0.438. The standard InChI is InChI=1S/C16H20N2OS/c1-16(2)8-11(7-12(19)9-16)10-17-15-18-13-5-3-4-6-14(13)20-15/h3-6,10,12,19H,7-9H2,1-2H3,(H,17,18)/b11-10-. The van der Waals surface area contributed by atoms with E-state index in [2.05, 4.69) is 30.2 Å². The molecule has 0 spiro atoms. The van der Waals surface area contributed by atoms with Crippen molar-refractivity contribution >= 4 is 26.7 Å². The van der Waals surface area contributed by atoms with Crippen LogP contribution in [0.15, 0.2) is 36.0 Å². The van der Waals surface area contributed by atoms with Crippen LogP contribution in [0.4, 0.5) is 5.13 Å². The molecule has 1 atom stereocenters. The number of aliphatic hydroxyl groups excluding tert-OH is 1. The Morgan fingerprint density at radius 1 is 1.40 bits per heavy atom. The number of anilines is 1. The summed E-state index contributed by atoms with van der Waals surface area (Å²) in [7, 11) is 0. The molecule has 2 aromatic rings. The van der Waals surface area contributed by atoms with Crippen molar-refractivity contribution in [1.29, 1.82) is 0 Å². The first-order valence-electron chi connectivity index (χ1n) is 7.00. The third-order valence-corrected chi connectivity index (χ3v) is 4.65. The Morgan fingerprint density at radius 3 is 2.95 bits per heavy atom. The summed E-state index contributed by atoms with van der Waals surface area (Å²) in [5.41, 5.74) is 2.48. The van der Waals surface area contributed by atoms with E-state index in [1.807, 2.05) is 24.4 Å². The molecule has 2 N–H and O–H groups in total. The maximum Gasteiger partial charge on any atom is 0.187 e. The lowest BCUT2D eigenvalue weighted by atomic mass is 9.74. The predicted octanol–water partition coefficient (Wildman–Crippen LogP) is 4.16. The Hall–Kier alpha value is -1.39. The van der Waals surface area contributed by atoms with E-state index >= 15 is 0 Å². The van der Waals surface area contributed by atoms with Gasteiger partial charge in [0.25, 0.3) is 0 Å². The lowest BCUT2D eigenvalue weighted by Gasteiger charge is -2.34. The summed E-state index contributed by atoms with van der Waals surface area (Å²) >= 11 is 1.66. The van der Waals surface area contributed by atoms with Crippen molar-refractivity contribution < 1.29 is 5.11 Å². The van der Waals surface area contributed by atoms with Crippen molar-refractivity contribution in [3.63, 3.8) is 0 Å². The van der Waals surface area contributed by atoms with Crippen LogP contribution in [-0.4, -0.2) is 16.2 Å². The zero-order valence-corrected chi connectivity index (χ0v) is 12.7. The van der Waals surface area contributed by atoms with Gasteiger partial charge in [-0.15, -0.1) is 0 Å². The smallest absolute Gasteiger partial charge is 0.187 e. The third-order valence-electron chi connectivity index (χ3n) is 3.69. The second-order valence-electron chi connectivity index (χ2n) is 6.34. The molecule has 0 aliphatic heterocycles. The number of aliphatic hydroxyl groups is 1. The molecule has 1 fully saturated rings. The van der Waals surface area contributed by atoms with Crippen LogP contribution >= 0.6 is 11.3 Å². The van der Waals surface area contributed by atoms with Gasteiger partial charge in [-0.25, -0.2) is 4.98 Å². The average molecular weight is 288 g/mol. The Kier molecular flexibility index (Phi) is 3.52. The summed E-state index contributed by atoms with van der Waals surface area (Å²) in [5, 5.41) is 14.2. The Balaban J connectivity index is 1.76. The highest BCUT2D eigenvalue weighted by Crippen LogP contribution is 2.38. The Bertz CT molecular complexity index is 612. The summed E-state index contributed by atoms with van der Waals surface area (Å²) in [6, 6.07) is 8.14. The SMILES string of the molecule is CC1(C)C/C(=C\Nc2nc3ccccc3s2)CC(O)C1. The molecule has 1 saturated carbocycles. The van der Waals surface area contributed by atoms with Crippen molar-refractivity contribution in [3.05, 3.63) is 36.0 Å². The molecule has 1 heterocycles. The van der Waals surface area contributed by atoms with Gasteiger partial charge < -0.3 is 10.4 Å². The highest BCUT2D eigenvalue weighted by molar-refractivity contribution is 7.22. The lowest BCUT2D eigenvalue weighted by molar-refractivity contribution is 0.0906. The maximum atomic E-state index is 9.95. The van der Waals surface area contributed by atoms with Gasteiger partial charge in [0.2, 0.25) is 0 Å². The predicted molar refractivity (Wildman–Crippen MR) is 85.0 cm³/mol. The molecular weight excluding hydrogens is 268 g/mol. The molecule has 1 aromatic carbocycles. The van der Waals surface area contributed by atoms with Crippen molar-refractivity contribution in [2.24, 2.45) is 5.41 Å². The lowest BCUT2D eigenvalue weighted by Crippen LogP contribution is -2.27. The number of hydrogen-bond acceptors (Lipinski definition) is 4. The number of thiazole rings is 1. The first-order chi connectivity index (χ1) is 9.52. The van der Waals surface area contributed by atoms with E-state index in [9.17, 15) is 5.11 Å². The summed E-state index contributed by atoms with van der Waals surface area (Å²) in [5.74, 6) is 0. The van der Waals surface area contributed by atoms with Gasteiger partial charge >= 0.3 is 0 Å². The second kappa shape index (κ2) is 5.19. The maximum absolute atomic E-state index is 9.95. The number of nitrogens with zero attached hydrogens (tertiary/aromatic N) is 1. The number of fused-ring (bicyclic) bond motifs is 1. The molecule has 0 bridgehead atoms. The Morgan fingerprint density at radius 2 is 2.20 bits per heavy atom. The molecule has 0 radical (unpaired) electrons. The topological polar surface area (TPSA) is 45.2 Å². The first-order valence-corrected chi connectivity index (χ1v) is 7.82.